The van der Waals surface area contributed by atoms with Crippen LogP contribution in [-0.4, -0.2) is 36.2 Å². The summed E-state index contributed by atoms with van der Waals surface area (Å²) in [5.74, 6) is 0. The topological polar surface area (TPSA) is 31.2 Å². The molecule has 0 aromatic heterocycles. The molecule has 0 aromatic rings. The Balaban J connectivity index is 1.20. The molecule has 2 saturated carbocycles. The Kier molecular flexibility index (Phi) is 3.81. The van der Waals surface area contributed by atoms with Crippen LogP contribution in [0, 0.1) is 21.7 Å². The summed E-state index contributed by atoms with van der Waals surface area (Å²) in [5.41, 5.74) is 1.92. The van der Waals surface area contributed by atoms with Crippen LogP contribution in [-0.2, 0) is 0 Å². The Morgan fingerprint density at radius 2 is 0.750 bits per heavy atom. The monoisotopic (exact) mass is 380 g/mol. The molecule has 2 saturated heterocycles. The van der Waals surface area contributed by atoms with Crippen LogP contribution in [0.4, 0.5) is 0 Å². The predicted octanol–water partition coefficient (Wildman–Crippen LogP) is 5.69. The molecule has 6 aliphatic rings. The molecule has 0 unspecified atom stereocenters. The van der Waals surface area contributed by atoms with Crippen LogP contribution in [0.3, 0.4) is 0 Å². The molecule has 0 radical (unpaired) electrons. The Hall–Kier alpha value is -1.32. The van der Waals surface area contributed by atoms with Crippen LogP contribution in [0.1, 0.15) is 77.0 Å². The quantitative estimate of drug-likeness (QED) is 0.455. The van der Waals surface area contributed by atoms with Gasteiger partial charge in [-0.05, 0) is 51.4 Å². The first-order valence-electron chi connectivity index (χ1n) is 11.9. The Bertz CT molecular complexity index is 616. The first kappa shape index (κ1) is 17.5. The lowest BCUT2D eigenvalue weighted by Gasteiger charge is -2.49. The highest BCUT2D eigenvalue weighted by Gasteiger charge is 2.59. The van der Waals surface area contributed by atoms with Gasteiger partial charge in [-0.15, -0.1) is 0 Å². The molecule has 0 bridgehead atoms. The lowest BCUT2D eigenvalue weighted by Crippen LogP contribution is -2.44. The molecule has 4 fully saturated rings. The Morgan fingerprint density at radius 3 is 1.04 bits per heavy atom. The molecular weight excluding hydrogens is 344 g/mol. The molecule has 2 heterocycles. The van der Waals surface area contributed by atoms with E-state index in [0.717, 1.165) is 26.2 Å². The fourth-order valence-corrected chi connectivity index (χ4v) is 8.42. The van der Waals surface area contributed by atoms with E-state index in [1.807, 2.05) is 0 Å². The van der Waals surface area contributed by atoms with Gasteiger partial charge in [-0.1, -0.05) is 60.4 Å². The van der Waals surface area contributed by atoms with E-state index in [-0.39, 0.29) is 0 Å². The lowest BCUT2D eigenvalue weighted by atomic mass is 9.53. The van der Waals surface area contributed by atoms with Gasteiger partial charge >= 0.3 is 0 Å². The first-order chi connectivity index (χ1) is 13.7. The van der Waals surface area contributed by atoms with Gasteiger partial charge < -0.3 is 0 Å². The zero-order valence-electron chi connectivity index (χ0n) is 17.4. The fraction of sp³-hybridized carbons (Fsp3) is 0.833. The fourth-order valence-electron chi connectivity index (χ4n) is 8.42. The van der Waals surface area contributed by atoms with E-state index in [1.54, 1.807) is 0 Å². The van der Waals surface area contributed by atoms with Gasteiger partial charge in [-0.2, -0.15) is 0 Å². The molecule has 0 spiro atoms. The van der Waals surface area contributed by atoms with E-state index in [9.17, 15) is 0 Å². The van der Waals surface area contributed by atoms with Crippen molar-refractivity contribution in [3.63, 3.8) is 0 Å². The van der Waals surface area contributed by atoms with E-state index >= 15 is 0 Å². The largest absolute Gasteiger partial charge is 0.276 e. The van der Waals surface area contributed by atoms with E-state index in [0.29, 0.717) is 21.7 Å². The van der Waals surface area contributed by atoms with Crippen molar-refractivity contribution in [3.8, 4) is 0 Å². The summed E-state index contributed by atoms with van der Waals surface area (Å²) in [6.45, 7) is 4.53. The van der Waals surface area contributed by atoms with Crippen LogP contribution >= 0.6 is 0 Å². The second-order valence-corrected chi connectivity index (χ2v) is 11.1. The van der Waals surface area contributed by atoms with Crippen LogP contribution in [0.2, 0.25) is 0 Å². The summed E-state index contributed by atoms with van der Waals surface area (Å²) in [4.78, 5) is 0. The summed E-state index contributed by atoms with van der Waals surface area (Å²) in [7, 11) is 0. The van der Waals surface area contributed by atoms with Crippen molar-refractivity contribution >= 4 is 0 Å². The van der Waals surface area contributed by atoms with E-state index in [1.165, 1.54) is 77.0 Å². The van der Waals surface area contributed by atoms with Gasteiger partial charge in [0.15, 0.2) is 0 Å². The molecule has 4 heteroatoms. The number of rotatable bonds is 2. The molecule has 2 aliphatic heterocycles. The highest BCUT2D eigenvalue weighted by atomic mass is 15.7. The Morgan fingerprint density at radius 1 is 0.464 bits per heavy atom. The second-order valence-electron chi connectivity index (χ2n) is 11.1. The molecule has 4 nitrogen and oxygen atoms in total. The van der Waals surface area contributed by atoms with Crippen molar-refractivity contribution in [2.24, 2.45) is 32.1 Å². The molecule has 0 aromatic carbocycles. The standard InChI is InChI=1S/C24H36N4/c1-2-10-22-12-4-3-11-21(22,9-1)17-27(18-22)25-26-28-19-23-13-5-6-14-24(23,20-28)16-8-7-15-23/h1-2,5-6H,3-4,7-20H2/b26-25-/t21-,22-,23-,24+/m1/s1. The van der Waals surface area contributed by atoms with Crippen molar-refractivity contribution in [1.82, 2.24) is 10.0 Å². The third-order valence-corrected chi connectivity index (χ3v) is 9.97. The zero-order valence-corrected chi connectivity index (χ0v) is 17.4. The van der Waals surface area contributed by atoms with E-state index in [4.69, 9.17) is 10.4 Å². The van der Waals surface area contributed by atoms with E-state index in [2.05, 4.69) is 34.3 Å². The van der Waals surface area contributed by atoms with Crippen molar-refractivity contribution in [2.45, 2.75) is 77.0 Å². The second kappa shape index (κ2) is 6.09. The predicted molar refractivity (Wildman–Crippen MR) is 111 cm³/mol. The average molecular weight is 381 g/mol. The number of hydrogen-bond acceptors (Lipinski definition) is 2. The molecule has 6 rings (SSSR count). The van der Waals surface area contributed by atoms with Gasteiger partial charge in [-0.3, -0.25) is 10.0 Å². The van der Waals surface area contributed by atoms with Crippen molar-refractivity contribution in [2.75, 3.05) is 26.2 Å². The zero-order chi connectivity index (χ0) is 18.7. The normalized spacial score (nSPS) is 47.1. The van der Waals surface area contributed by atoms with Gasteiger partial charge in [0, 0.05) is 47.8 Å². The summed E-state index contributed by atoms with van der Waals surface area (Å²) in [6, 6.07) is 0. The minimum absolute atomic E-state index is 0.479. The maximum Gasteiger partial charge on any atom is 0.0443 e. The van der Waals surface area contributed by atoms with Crippen molar-refractivity contribution in [1.29, 1.82) is 0 Å². The Labute approximate surface area is 170 Å². The third-order valence-electron chi connectivity index (χ3n) is 9.97. The number of allylic oxidation sites excluding steroid dienone is 4. The smallest absolute Gasteiger partial charge is 0.0443 e. The van der Waals surface area contributed by atoms with E-state index < -0.39 is 0 Å². The summed E-state index contributed by atoms with van der Waals surface area (Å²) in [6.07, 6.45) is 26.1. The molecule has 4 atom stereocenters. The summed E-state index contributed by atoms with van der Waals surface area (Å²) >= 11 is 0. The van der Waals surface area contributed by atoms with Gasteiger partial charge in [0.05, 0.1) is 0 Å². The van der Waals surface area contributed by atoms with Crippen molar-refractivity contribution < 1.29 is 0 Å². The molecule has 152 valence electrons. The molecular formula is C24H36N4. The molecule has 28 heavy (non-hydrogen) atoms. The lowest BCUT2D eigenvalue weighted by molar-refractivity contribution is 0.0342. The van der Waals surface area contributed by atoms with Gasteiger partial charge in [0.25, 0.3) is 0 Å². The maximum absolute atomic E-state index is 4.89. The minimum atomic E-state index is 0.479. The molecule has 0 amide bonds. The van der Waals surface area contributed by atoms with Crippen LogP contribution in [0.25, 0.3) is 0 Å². The molecule has 0 N–H and O–H groups in total. The first-order valence-corrected chi connectivity index (χ1v) is 11.9. The van der Waals surface area contributed by atoms with Crippen LogP contribution in [0.15, 0.2) is 34.8 Å². The summed E-state index contributed by atoms with van der Waals surface area (Å²) < 4.78 is 0. The van der Waals surface area contributed by atoms with Crippen molar-refractivity contribution in [3.05, 3.63) is 24.3 Å². The number of hydrogen-bond donors (Lipinski definition) is 0. The highest BCUT2D eigenvalue weighted by molar-refractivity contribution is 5.17. The summed E-state index contributed by atoms with van der Waals surface area (Å²) in [5, 5.41) is 14.5. The van der Waals surface area contributed by atoms with Gasteiger partial charge in [0.1, 0.15) is 0 Å². The van der Waals surface area contributed by atoms with Crippen LogP contribution in [0.5, 0.6) is 0 Å². The maximum atomic E-state index is 4.89. The highest BCUT2D eigenvalue weighted by Crippen LogP contribution is 2.63. The minimum Gasteiger partial charge on any atom is -0.276 e. The van der Waals surface area contributed by atoms with Crippen LogP contribution < -0.4 is 0 Å². The van der Waals surface area contributed by atoms with Gasteiger partial charge in [-0.25, -0.2) is 0 Å². The third kappa shape index (κ3) is 2.29. The SMILES string of the molecule is C1=CC[C@]23CCCC[C@@]2(C1)CN(/N=N\N1C[C@]24CC=CC[C@@]2(CCCC4)C1)C3. The molecule has 4 aliphatic carbocycles. The van der Waals surface area contributed by atoms with Gasteiger partial charge in [0.2, 0.25) is 0 Å². The average Bonchev–Trinajstić information content (AvgIpc) is 3.25. The number of nitrogens with zero attached hydrogens (tertiary/aromatic N) is 4.